The molecule has 2 atom stereocenters. The van der Waals surface area contributed by atoms with Crippen molar-refractivity contribution in [1.29, 1.82) is 0 Å². The highest BCUT2D eigenvalue weighted by Gasteiger charge is 2.51. The Morgan fingerprint density at radius 2 is 1.68 bits per heavy atom. The molecule has 1 unspecified atom stereocenters. The molecule has 5 rings (SSSR count). The van der Waals surface area contributed by atoms with Gasteiger partial charge in [0, 0.05) is 6.54 Å². The highest BCUT2D eigenvalue weighted by atomic mass is 16.7. The second kappa shape index (κ2) is 10.3. The minimum absolute atomic E-state index is 0.0857. The molecule has 3 aliphatic rings. The molecule has 2 aromatic carbocycles. The molecule has 0 radical (unpaired) electrons. The van der Waals surface area contributed by atoms with Crippen LogP contribution in [-0.2, 0) is 33.9 Å². The summed E-state index contributed by atoms with van der Waals surface area (Å²) in [5, 5.41) is 31.0. The van der Waals surface area contributed by atoms with E-state index in [2.05, 4.69) is 6.58 Å². The number of amides is 2. The van der Waals surface area contributed by atoms with Crippen LogP contribution in [0, 0.1) is 0 Å². The monoisotopic (exact) mass is 550 g/mol. The molecule has 10 nitrogen and oxygen atoms in total. The molecular weight excluding hydrogens is 515 g/mol. The Kier molecular flexibility index (Phi) is 7.30. The van der Waals surface area contributed by atoms with Gasteiger partial charge in [0.25, 0.3) is 5.91 Å². The van der Waals surface area contributed by atoms with Crippen molar-refractivity contribution in [3.63, 3.8) is 0 Å². The molecule has 2 aromatic rings. The summed E-state index contributed by atoms with van der Waals surface area (Å²) in [6.07, 6.45) is -1.93. The molecule has 212 valence electrons. The van der Waals surface area contributed by atoms with Gasteiger partial charge >= 0.3 is 13.2 Å². The summed E-state index contributed by atoms with van der Waals surface area (Å²) in [5.74, 6) is -0.398. The van der Waals surface area contributed by atoms with Gasteiger partial charge in [0.2, 0.25) is 0 Å². The Morgan fingerprint density at radius 1 is 1.07 bits per heavy atom. The van der Waals surface area contributed by atoms with Gasteiger partial charge in [-0.15, -0.1) is 0 Å². The van der Waals surface area contributed by atoms with Crippen molar-refractivity contribution in [2.75, 3.05) is 11.4 Å². The average Bonchev–Trinajstić information content (AvgIpc) is 3.39. The van der Waals surface area contributed by atoms with Crippen LogP contribution in [0.5, 0.6) is 0 Å². The number of benzene rings is 2. The van der Waals surface area contributed by atoms with E-state index in [-0.39, 0.29) is 24.4 Å². The van der Waals surface area contributed by atoms with Crippen molar-refractivity contribution in [2.45, 2.75) is 77.4 Å². The number of rotatable bonds is 5. The Morgan fingerprint density at radius 3 is 2.27 bits per heavy atom. The molecule has 0 aromatic heterocycles. The number of anilines is 1. The largest absolute Gasteiger partial charge is 0.494 e. The molecular formula is C29H35BN2O8. The number of ether oxygens (including phenoxy) is 1. The SMILES string of the molecule is C=C1C[C@H]2C(O)N(C(=O)OCc3ccc(B4OC(C)(C)C(C)(C)O4)cc3)c3cc(CO)c(CO)cc3C(=O)N2C1. The molecule has 3 N–H and O–H groups in total. The van der Waals surface area contributed by atoms with Gasteiger partial charge in [-0.2, -0.15) is 0 Å². The van der Waals surface area contributed by atoms with Crippen LogP contribution < -0.4 is 10.4 Å². The van der Waals surface area contributed by atoms with Crippen molar-refractivity contribution in [2.24, 2.45) is 0 Å². The van der Waals surface area contributed by atoms with Gasteiger partial charge in [-0.05, 0) is 68.4 Å². The normalized spacial score (nSPS) is 23.2. The van der Waals surface area contributed by atoms with Gasteiger partial charge in [-0.1, -0.05) is 36.4 Å². The zero-order chi connectivity index (χ0) is 29.0. The third-order valence-corrected chi connectivity index (χ3v) is 8.37. The predicted molar refractivity (Wildman–Crippen MR) is 148 cm³/mol. The molecule has 11 heteroatoms. The maximum atomic E-state index is 13.5. The van der Waals surface area contributed by atoms with E-state index in [4.69, 9.17) is 14.0 Å². The molecule has 2 saturated heterocycles. The standard InChI is InChI=1S/C29H35BN2O8/c1-17-10-24-26(36)32(23-12-20(15-34)19(14-33)11-22(23)25(35)31(24)13-17)27(37)38-16-18-6-8-21(9-7-18)30-39-28(2,3)29(4,5)40-30/h6-9,11-12,24,26,33-34,36H,1,10,13-16H2,2-5H3/t24-,26?/m0/s1. The summed E-state index contributed by atoms with van der Waals surface area (Å²) < 4.78 is 17.8. The lowest BCUT2D eigenvalue weighted by Crippen LogP contribution is -2.50. The molecule has 2 amide bonds. The van der Waals surface area contributed by atoms with Crippen LogP contribution in [0.15, 0.2) is 48.6 Å². The fourth-order valence-electron chi connectivity index (χ4n) is 5.30. The van der Waals surface area contributed by atoms with E-state index in [1.54, 1.807) is 0 Å². The molecule has 3 heterocycles. The lowest BCUT2D eigenvalue weighted by atomic mass is 9.79. The first-order valence-corrected chi connectivity index (χ1v) is 13.3. The number of carbonyl (C=O) groups excluding carboxylic acids is 2. The fraction of sp³-hybridized carbons (Fsp3) is 0.448. The van der Waals surface area contributed by atoms with Crippen LogP contribution in [0.2, 0.25) is 0 Å². The van der Waals surface area contributed by atoms with E-state index in [9.17, 15) is 24.9 Å². The second-order valence-corrected chi connectivity index (χ2v) is 11.6. The van der Waals surface area contributed by atoms with Crippen LogP contribution in [0.4, 0.5) is 10.5 Å². The van der Waals surface area contributed by atoms with Crippen molar-refractivity contribution in [3.05, 3.63) is 70.8 Å². The topological polar surface area (TPSA) is 129 Å². The minimum Gasteiger partial charge on any atom is -0.444 e. The van der Waals surface area contributed by atoms with E-state index < -0.39 is 55.8 Å². The number of nitrogens with zero attached hydrogens (tertiary/aromatic N) is 2. The average molecular weight is 550 g/mol. The summed E-state index contributed by atoms with van der Waals surface area (Å²) in [6.45, 7) is 11.2. The van der Waals surface area contributed by atoms with Crippen molar-refractivity contribution >= 4 is 30.3 Å². The van der Waals surface area contributed by atoms with Gasteiger partial charge in [0.1, 0.15) is 6.61 Å². The Bertz CT molecular complexity index is 1330. The first kappa shape index (κ1) is 28.3. The third-order valence-electron chi connectivity index (χ3n) is 8.37. The van der Waals surface area contributed by atoms with Crippen molar-refractivity contribution < 1.29 is 39.0 Å². The minimum atomic E-state index is -1.41. The Balaban J connectivity index is 1.38. The molecule has 0 spiro atoms. The van der Waals surface area contributed by atoms with Gasteiger partial charge in [0.05, 0.1) is 41.7 Å². The van der Waals surface area contributed by atoms with E-state index in [0.717, 1.165) is 15.9 Å². The maximum absolute atomic E-state index is 13.5. The zero-order valence-electron chi connectivity index (χ0n) is 23.2. The maximum Gasteiger partial charge on any atom is 0.494 e. The molecule has 3 aliphatic heterocycles. The lowest BCUT2D eigenvalue weighted by Gasteiger charge is -2.32. The van der Waals surface area contributed by atoms with E-state index in [1.165, 1.54) is 17.0 Å². The smallest absolute Gasteiger partial charge is 0.444 e. The number of carbonyl (C=O) groups is 2. The molecule has 40 heavy (non-hydrogen) atoms. The number of hydrogen-bond donors (Lipinski definition) is 3. The molecule has 0 bridgehead atoms. The van der Waals surface area contributed by atoms with Crippen LogP contribution in [0.3, 0.4) is 0 Å². The summed E-state index contributed by atoms with van der Waals surface area (Å²) >= 11 is 0. The fourth-order valence-corrected chi connectivity index (χ4v) is 5.30. The zero-order valence-corrected chi connectivity index (χ0v) is 23.2. The van der Waals surface area contributed by atoms with E-state index in [1.807, 2.05) is 52.0 Å². The Labute approximate surface area is 233 Å². The predicted octanol–water partition coefficient (Wildman–Crippen LogP) is 2.22. The molecule has 0 aliphatic carbocycles. The van der Waals surface area contributed by atoms with E-state index in [0.29, 0.717) is 23.1 Å². The first-order chi connectivity index (χ1) is 18.9. The number of aliphatic hydroxyl groups is 3. The highest BCUT2D eigenvalue weighted by molar-refractivity contribution is 6.62. The quantitative estimate of drug-likeness (QED) is 0.382. The van der Waals surface area contributed by atoms with Crippen LogP contribution in [0.25, 0.3) is 0 Å². The van der Waals surface area contributed by atoms with Crippen molar-refractivity contribution in [1.82, 2.24) is 4.90 Å². The molecule has 0 saturated carbocycles. The number of hydrogen-bond acceptors (Lipinski definition) is 8. The van der Waals surface area contributed by atoms with E-state index >= 15 is 0 Å². The van der Waals surface area contributed by atoms with Gasteiger partial charge in [0.15, 0.2) is 6.23 Å². The van der Waals surface area contributed by atoms with Crippen LogP contribution in [0.1, 0.15) is 61.2 Å². The summed E-state index contributed by atoms with van der Waals surface area (Å²) in [7, 11) is -0.517. The summed E-state index contributed by atoms with van der Waals surface area (Å²) in [5.41, 5.74) is 2.30. The van der Waals surface area contributed by atoms with Crippen molar-refractivity contribution in [3.8, 4) is 0 Å². The number of fused-ring (bicyclic) bond motifs is 2. The second-order valence-electron chi connectivity index (χ2n) is 11.6. The van der Waals surface area contributed by atoms with Gasteiger partial charge < -0.3 is 34.3 Å². The first-order valence-electron chi connectivity index (χ1n) is 13.3. The van der Waals surface area contributed by atoms with Crippen LogP contribution in [-0.4, -0.2) is 69.4 Å². The lowest BCUT2D eigenvalue weighted by molar-refractivity contribution is 0.00578. The third kappa shape index (κ3) is 4.82. The molecule has 2 fully saturated rings. The van der Waals surface area contributed by atoms with Gasteiger partial charge in [-0.3, -0.25) is 4.79 Å². The Hall–Kier alpha value is -3.22. The summed E-state index contributed by atoms with van der Waals surface area (Å²) in [4.78, 5) is 29.5. The number of aliphatic hydroxyl groups excluding tert-OH is 3. The van der Waals surface area contributed by atoms with Crippen LogP contribution >= 0.6 is 0 Å². The van der Waals surface area contributed by atoms with Gasteiger partial charge in [-0.25, -0.2) is 9.69 Å². The summed E-state index contributed by atoms with van der Waals surface area (Å²) in [6, 6.07) is 9.51. The highest BCUT2D eigenvalue weighted by Crippen LogP contribution is 2.38.